The van der Waals surface area contributed by atoms with Crippen LogP contribution in [0.2, 0.25) is 0 Å². The second kappa shape index (κ2) is 4.67. The van der Waals surface area contributed by atoms with E-state index in [1.165, 1.54) is 35.4 Å². The normalized spacial score (nSPS) is 10.7. The lowest BCUT2D eigenvalue weighted by Crippen LogP contribution is -1.98. The number of nitrogens with zero attached hydrogens (tertiary/aromatic N) is 4. The summed E-state index contributed by atoms with van der Waals surface area (Å²) in [7, 11) is 0. The maximum Gasteiger partial charge on any atom is 0.356 e. The zero-order valence-electron chi connectivity index (χ0n) is 10.5. The summed E-state index contributed by atoms with van der Waals surface area (Å²) in [5.41, 5.74) is 0.759. The van der Waals surface area contributed by atoms with Gasteiger partial charge in [0.05, 0.1) is 16.0 Å². The lowest BCUT2D eigenvalue weighted by Gasteiger charge is -2.06. The molecule has 2 aromatic heterocycles. The fourth-order valence-corrected chi connectivity index (χ4v) is 2.08. The van der Waals surface area contributed by atoms with E-state index in [0.717, 1.165) is 0 Å². The van der Waals surface area contributed by atoms with Gasteiger partial charge in [0.1, 0.15) is 11.8 Å². The number of carboxylic acids is 1. The highest BCUT2D eigenvalue weighted by Crippen LogP contribution is 2.28. The minimum Gasteiger partial charge on any atom is -0.476 e. The van der Waals surface area contributed by atoms with E-state index in [4.69, 9.17) is 5.11 Å². The van der Waals surface area contributed by atoms with Gasteiger partial charge < -0.3 is 9.67 Å². The summed E-state index contributed by atoms with van der Waals surface area (Å²) in [6, 6.07) is 6.08. The zero-order valence-corrected chi connectivity index (χ0v) is 10.5. The van der Waals surface area contributed by atoms with Crippen molar-refractivity contribution in [3.8, 4) is 5.69 Å². The maximum atomic E-state index is 11.0. The number of aromatic carboxylic acids is 1. The summed E-state index contributed by atoms with van der Waals surface area (Å²) in [5.74, 6) is -1.15. The molecule has 104 valence electrons. The zero-order chi connectivity index (χ0) is 15.0. The van der Waals surface area contributed by atoms with Crippen LogP contribution in [0, 0.1) is 10.1 Å². The van der Waals surface area contributed by atoms with Crippen LogP contribution in [0.25, 0.3) is 16.6 Å². The van der Waals surface area contributed by atoms with Crippen molar-refractivity contribution in [3.05, 3.63) is 58.8 Å². The summed E-state index contributed by atoms with van der Waals surface area (Å²) in [6.07, 6.45) is 4.18. The number of nitro groups is 1. The predicted octanol–water partition coefficient (Wildman–Crippen LogP) is 2.03. The molecule has 0 bridgehead atoms. The van der Waals surface area contributed by atoms with Gasteiger partial charge in [0.15, 0.2) is 5.69 Å². The number of imidazole rings is 1. The van der Waals surface area contributed by atoms with E-state index in [9.17, 15) is 14.9 Å². The van der Waals surface area contributed by atoms with Gasteiger partial charge in [-0.15, -0.1) is 0 Å². The molecular weight excluding hydrogens is 276 g/mol. The first-order chi connectivity index (χ1) is 10.1. The van der Waals surface area contributed by atoms with Crippen LogP contribution in [0.4, 0.5) is 5.69 Å². The summed E-state index contributed by atoms with van der Waals surface area (Å²) in [5, 5.41) is 20.3. The molecule has 0 saturated carbocycles. The Morgan fingerprint density at radius 3 is 2.76 bits per heavy atom. The van der Waals surface area contributed by atoms with Gasteiger partial charge >= 0.3 is 5.97 Å². The number of carboxylic acid groups (broad SMARTS) is 1. The molecule has 2 heterocycles. The highest BCUT2D eigenvalue weighted by molar-refractivity contribution is 5.94. The van der Waals surface area contributed by atoms with E-state index in [2.05, 4.69) is 9.97 Å². The third-order valence-electron chi connectivity index (χ3n) is 3.00. The van der Waals surface area contributed by atoms with Crippen LogP contribution in [0.1, 0.15) is 10.5 Å². The van der Waals surface area contributed by atoms with Gasteiger partial charge in [-0.3, -0.25) is 15.1 Å². The van der Waals surface area contributed by atoms with Crippen LogP contribution >= 0.6 is 0 Å². The van der Waals surface area contributed by atoms with Gasteiger partial charge in [0.2, 0.25) is 0 Å². The van der Waals surface area contributed by atoms with Gasteiger partial charge in [-0.2, -0.15) is 0 Å². The number of rotatable bonds is 3. The third kappa shape index (κ3) is 2.08. The number of carbonyl (C=O) groups is 1. The average molecular weight is 284 g/mol. The molecule has 3 rings (SSSR count). The molecule has 0 unspecified atom stereocenters. The number of benzene rings is 1. The fourth-order valence-electron chi connectivity index (χ4n) is 2.08. The number of nitro benzene ring substituents is 1. The summed E-state index contributed by atoms with van der Waals surface area (Å²) in [6.45, 7) is 0. The first-order valence-electron chi connectivity index (χ1n) is 5.87. The molecule has 0 radical (unpaired) electrons. The lowest BCUT2D eigenvalue weighted by molar-refractivity contribution is -0.383. The number of pyridine rings is 1. The molecule has 0 aliphatic rings. The topological polar surface area (TPSA) is 111 Å². The molecule has 8 heteroatoms. The second-order valence-electron chi connectivity index (χ2n) is 4.23. The molecule has 1 aromatic carbocycles. The Kier molecular flexibility index (Phi) is 2.83. The van der Waals surface area contributed by atoms with Crippen LogP contribution < -0.4 is 0 Å². The van der Waals surface area contributed by atoms with Crippen LogP contribution in [0.15, 0.2) is 43.0 Å². The van der Waals surface area contributed by atoms with E-state index in [0.29, 0.717) is 16.6 Å². The lowest BCUT2D eigenvalue weighted by atomic mass is 10.1. The first-order valence-corrected chi connectivity index (χ1v) is 5.87. The molecule has 0 spiro atoms. The molecule has 0 atom stereocenters. The van der Waals surface area contributed by atoms with E-state index in [1.54, 1.807) is 12.1 Å². The smallest absolute Gasteiger partial charge is 0.356 e. The van der Waals surface area contributed by atoms with Crippen molar-refractivity contribution < 1.29 is 14.8 Å². The van der Waals surface area contributed by atoms with E-state index in [1.807, 2.05) is 0 Å². The summed E-state index contributed by atoms with van der Waals surface area (Å²) >= 11 is 0. The molecule has 3 aromatic rings. The molecule has 21 heavy (non-hydrogen) atoms. The Morgan fingerprint density at radius 1 is 1.29 bits per heavy atom. The van der Waals surface area contributed by atoms with Crippen LogP contribution in [0.5, 0.6) is 0 Å². The largest absolute Gasteiger partial charge is 0.476 e. The van der Waals surface area contributed by atoms with Crippen molar-refractivity contribution in [2.24, 2.45) is 0 Å². The Hall–Kier alpha value is -3.29. The van der Waals surface area contributed by atoms with Crippen molar-refractivity contribution in [2.45, 2.75) is 0 Å². The molecular formula is C13H8N4O4. The standard InChI is InChI=1S/C13H8N4O4/c18-13(19)9-6-16(7-15-9)11-4-3-10(17(20)21)8-2-1-5-14-12(8)11/h1-7H,(H,18,19). The second-order valence-corrected chi connectivity index (χ2v) is 4.23. The first kappa shape index (κ1) is 12.7. The van der Waals surface area contributed by atoms with Crippen LogP contribution in [0.3, 0.4) is 0 Å². The maximum absolute atomic E-state index is 11.0. The SMILES string of the molecule is O=C(O)c1cn(-c2ccc([N+](=O)[O-])c3cccnc23)cn1. The number of aromatic nitrogens is 3. The highest BCUT2D eigenvalue weighted by Gasteiger charge is 2.16. The van der Waals surface area contributed by atoms with E-state index in [-0.39, 0.29) is 11.4 Å². The number of non-ortho nitro benzene ring substituents is 1. The van der Waals surface area contributed by atoms with Crippen LogP contribution in [-0.2, 0) is 0 Å². The number of fused-ring (bicyclic) bond motifs is 1. The van der Waals surface area contributed by atoms with Crippen molar-refractivity contribution in [1.82, 2.24) is 14.5 Å². The van der Waals surface area contributed by atoms with Crippen molar-refractivity contribution in [3.63, 3.8) is 0 Å². The van der Waals surface area contributed by atoms with Crippen LogP contribution in [-0.4, -0.2) is 30.5 Å². The van der Waals surface area contributed by atoms with E-state index >= 15 is 0 Å². The fraction of sp³-hybridized carbons (Fsp3) is 0. The molecule has 0 saturated heterocycles. The Bertz CT molecular complexity index is 871. The van der Waals surface area contributed by atoms with Gasteiger partial charge in [0, 0.05) is 18.5 Å². The minimum absolute atomic E-state index is 0.0552. The molecule has 1 N–H and O–H groups in total. The Morgan fingerprint density at radius 2 is 2.10 bits per heavy atom. The Balaban J connectivity index is 2.26. The van der Waals surface area contributed by atoms with Gasteiger partial charge in [0.25, 0.3) is 5.69 Å². The number of hydrogen-bond acceptors (Lipinski definition) is 5. The molecule has 0 aliphatic heterocycles. The van der Waals surface area contributed by atoms with Gasteiger partial charge in [-0.25, -0.2) is 9.78 Å². The summed E-state index contributed by atoms with van der Waals surface area (Å²) < 4.78 is 1.47. The monoisotopic (exact) mass is 284 g/mol. The van der Waals surface area contributed by atoms with Crippen molar-refractivity contribution >= 4 is 22.6 Å². The predicted molar refractivity (Wildman–Crippen MR) is 72.5 cm³/mol. The third-order valence-corrected chi connectivity index (χ3v) is 3.00. The van der Waals surface area contributed by atoms with E-state index < -0.39 is 10.9 Å². The quantitative estimate of drug-likeness (QED) is 0.581. The molecule has 0 aliphatic carbocycles. The minimum atomic E-state index is -1.15. The van der Waals surface area contributed by atoms with Gasteiger partial charge in [-0.1, -0.05) is 0 Å². The Labute approximate surface area is 117 Å². The number of hydrogen-bond donors (Lipinski definition) is 1. The van der Waals surface area contributed by atoms with Gasteiger partial charge in [-0.05, 0) is 18.2 Å². The van der Waals surface area contributed by atoms with Crippen molar-refractivity contribution in [1.29, 1.82) is 0 Å². The molecule has 8 nitrogen and oxygen atoms in total. The molecule has 0 amide bonds. The summed E-state index contributed by atoms with van der Waals surface area (Å²) in [4.78, 5) is 29.3. The average Bonchev–Trinajstić information content (AvgIpc) is 2.95. The molecule has 0 fully saturated rings. The highest BCUT2D eigenvalue weighted by atomic mass is 16.6. The van der Waals surface area contributed by atoms with Crippen molar-refractivity contribution in [2.75, 3.05) is 0 Å².